The average Bonchev–Trinajstić information content (AvgIpc) is 3.02. The molecule has 0 atom stereocenters. The zero-order chi connectivity index (χ0) is 14.7. The highest BCUT2D eigenvalue weighted by Gasteiger charge is 2.22. The van der Waals surface area contributed by atoms with Crippen molar-refractivity contribution in [3.63, 3.8) is 0 Å². The molecule has 2 aromatic rings. The van der Waals surface area contributed by atoms with Crippen molar-refractivity contribution < 1.29 is 9.53 Å². The van der Waals surface area contributed by atoms with Crippen LogP contribution in [-0.4, -0.2) is 19.0 Å². The van der Waals surface area contributed by atoms with Crippen molar-refractivity contribution in [2.75, 3.05) is 18.0 Å². The van der Waals surface area contributed by atoms with Gasteiger partial charge in [0, 0.05) is 13.1 Å². The Kier molecular flexibility index (Phi) is 3.77. The van der Waals surface area contributed by atoms with E-state index in [0.29, 0.717) is 11.3 Å². The van der Waals surface area contributed by atoms with Gasteiger partial charge >= 0.3 is 0 Å². The first-order valence-corrected chi connectivity index (χ1v) is 7.16. The van der Waals surface area contributed by atoms with Crippen LogP contribution in [0.15, 0.2) is 48.5 Å². The van der Waals surface area contributed by atoms with Crippen LogP contribution in [0.2, 0.25) is 0 Å². The molecule has 1 aliphatic rings. The summed E-state index contributed by atoms with van der Waals surface area (Å²) in [6.07, 6.45) is 2.25. The minimum atomic E-state index is -0.421. The Balaban J connectivity index is 2.02. The van der Waals surface area contributed by atoms with E-state index in [1.807, 2.05) is 36.4 Å². The standard InChI is InChI=1S/C17H18N2O2/c18-17(20)14-9-6-10-15(16(14)19-11-4-5-12-19)21-13-7-2-1-3-8-13/h1-3,6-10H,4-5,11-12H2,(H2,18,20). The maximum Gasteiger partial charge on any atom is 0.250 e. The highest BCUT2D eigenvalue weighted by atomic mass is 16.5. The quantitative estimate of drug-likeness (QED) is 0.937. The highest BCUT2D eigenvalue weighted by molar-refractivity contribution is 6.00. The van der Waals surface area contributed by atoms with Crippen LogP contribution in [0.3, 0.4) is 0 Å². The molecule has 0 aromatic heterocycles. The number of nitrogens with two attached hydrogens (primary N) is 1. The van der Waals surface area contributed by atoms with Gasteiger partial charge in [-0.1, -0.05) is 24.3 Å². The summed E-state index contributed by atoms with van der Waals surface area (Å²) in [7, 11) is 0. The number of benzene rings is 2. The smallest absolute Gasteiger partial charge is 0.250 e. The van der Waals surface area contributed by atoms with E-state index >= 15 is 0 Å². The lowest BCUT2D eigenvalue weighted by Crippen LogP contribution is -2.23. The van der Waals surface area contributed by atoms with Gasteiger partial charge < -0.3 is 15.4 Å². The van der Waals surface area contributed by atoms with Gasteiger partial charge in [-0.05, 0) is 37.1 Å². The molecular weight excluding hydrogens is 264 g/mol. The van der Waals surface area contributed by atoms with Gasteiger partial charge in [0.15, 0.2) is 5.75 Å². The molecule has 0 unspecified atom stereocenters. The summed E-state index contributed by atoms with van der Waals surface area (Å²) in [5, 5.41) is 0. The van der Waals surface area contributed by atoms with Crippen LogP contribution in [0.5, 0.6) is 11.5 Å². The van der Waals surface area contributed by atoms with Crippen LogP contribution in [0, 0.1) is 0 Å². The van der Waals surface area contributed by atoms with Crippen LogP contribution >= 0.6 is 0 Å². The molecule has 4 nitrogen and oxygen atoms in total. The molecule has 2 aromatic carbocycles. The topological polar surface area (TPSA) is 55.6 Å². The monoisotopic (exact) mass is 282 g/mol. The fraction of sp³-hybridized carbons (Fsp3) is 0.235. The van der Waals surface area contributed by atoms with Crippen molar-refractivity contribution in [3.05, 3.63) is 54.1 Å². The number of carbonyl (C=O) groups excluding carboxylic acids is 1. The number of para-hydroxylation sites is 2. The molecule has 0 spiro atoms. The second kappa shape index (κ2) is 5.87. The Labute approximate surface area is 124 Å². The number of carbonyl (C=O) groups is 1. The fourth-order valence-corrected chi connectivity index (χ4v) is 2.69. The van der Waals surface area contributed by atoms with E-state index in [9.17, 15) is 4.79 Å². The molecule has 1 heterocycles. The molecule has 1 fully saturated rings. The zero-order valence-corrected chi connectivity index (χ0v) is 11.8. The Bertz CT molecular complexity index is 634. The predicted molar refractivity (Wildman–Crippen MR) is 82.9 cm³/mol. The van der Waals surface area contributed by atoms with Gasteiger partial charge in [-0.3, -0.25) is 4.79 Å². The molecule has 3 rings (SSSR count). The van der Waals surface area contributed by atoms with Gasteiger partial charge in [0.1, 0.15) is 5.75 Å². The average molecular weight is 282 g/mol. The lowest BCUT2D eigenvalue weighted by molar-refractivity contribution is 0.100. The van der Waals surface area contributed by atoms with E-state index < -0.39 is 5.91 Å². The van der Waals surface area contributed by atoms with Crippen molar-refractivity contribution in [2.24, 2.45) is 5.73 Å². The van der Waals surface area contributed by atoms with E-state index in [4.69, 9.17) is 10.5 Å². The van der Waals surface area contributed by atoms with Crippen LogP contribution in [-0.2, 0) is 0 Å². The molecule has 0 saturated carbocycles. The first-order chi connectivity index (χ1) is 10.3. The number of anilines is 1. The molecule has 0 radical (unpaired) electrons. The highest BCUT2D eigenvalue weighted by Crippen LogP contribution is 2.37. The number of primary amides is 1. The molecular formula is C17H18N2O2. The summed E-state index contributed by atoms with van der Waals surface area (Å²) in [4.78, 5) is 13.9. The number of amides is 1. The Morgan fingerprint density at radius 1 is 1.00 bits per heavy atom. The molecule has 108 valence electrons. The molecule has 0 bridgehead atoms. The van der Waals surface area contributed by atoms with E-state index in [1.165, 1.54) is 0 Å². The minimum absolute atomic E-state index is 0.421. The van der Waals surface area contributed by atoms with Gasteiger partial charge in [0.05, 0.1) is 11.3 Å². The Morgan fingerprint density at radius 3 is 2.38 bits per heavy atom. The SMILES string of the molecule is NC(=O)c1cccc(Oc2ccccc2)c1N1CCCC1. The molecule has 4 heteroatoms. The largest absolute Gasteiger partial charge is 0.455 e. The normalized spacial score (nSPS) is 14.2. The number of nitrogens with zero attached hydrogens (tertiary/aromatic N) is 1. The van der Waals surface area contributed by atoms with Gasteiger partial charge in [-0.25, -0.2) is 0 Å². The number of ether oxygens (including phenoxy) is 1. The van der Waals surface area contributed by atoms with E-state index in [0.717, 1.165) is 37.4 Å². The maximum atomic E-state index is 11.7. The van der Waals surface area contributed by atoms with Gasteiger partial charge in [0.25, 0.3) is 5.91 Å². The summed E-state index contributed by atoms with van der Waals surface area (Å²) in [5.74, 6) is 1.01. The van der Waals surface area contributed by atoms with Crippen molar-refractivity contribution in [1.82, 2.24) is 0 Å². The van der Waals surface area contributed by atoms with E-state index in [-0.39, 0.29) is 0 Å². The van der Waals surface area contributed by atoms with Crippen LogP contribution in [0.1, 0.15) is 23.2 Å². The first kappa shape index (κ1) is 13.5. The lowest BCUT2D eigenvalue weighted by atomic mass is 10.1. The summed E-state index contributed by atoms with van der Waals surface area (Å²) in [6, 6.07) is 15.0. The third-order valence-corrected chi connectivity index (χ3v) is 3.66. The summed E-state index contributed by atoms with van der Waals surface area (Å²) < 4.78 is 5.96. The second-order valence-electron chi connectivity index (χ2n) is 5.13. The van der Waals surface area contributed by atoms with Gasteiger partial charge in [-0.15, -0.1) is 0 Å². The second-order valence-corrected chi connectivity index (χ2v) is 5.13. The van der Waals surface area contributed by atoms with Crippen LogP contribution in [0.25, 0.3) is 0 Å². The molecule has 1 saturated heterocycles. The third kappa shape index (κ3) is 2.84. The molecule has 0 aliphatic carbocycles. The summed E-state index contributed by atoms with van der Waals surface area (Å²) >= 11 is 0. The number of hydrogen-bond donors (Lipinski definition) is 1. The lowest BCUT2D eigenvalue weighted by Gasteiger charge is -2.23. The number of rotatable bonds is 4. The van der Waals surface area contributed by atoms with E-state index in [1.54, 1.807) is 12.1 Å². The zero-order valence-electron chi connectivity index (χ0n) is 11.8. The predicted octanol–water partition coefficient (Wildman–Crippen LogP) is 3.18. The van der Waals surface area contributed by atoms with Crippen molar-refractivity contribution >= 4 is 11.6 Å². The molecule has 2 N–H and O–H groups in total. The van der Waals surface area contributed by atoms with Gasteiger partial charge in [0.2, 0.25) is 0 Å². The van der Waals surface area contributed by atoms with Crippen LogP contribution < -0.4 is 15.4 Å². The first-order valence-electron chi connectivity index (χ1n) is 7.16. The molecule has 1 amide bonds. The Hall–Kier alpha value is -2.49. The van der Waals surface area contributed by atoms with Crippen molar-refractivity contribution in [1.29, 1.82) is 0 Å². The molecule has 1 aliphatic heterocycles. The maximum absolute atomic E-state index is 11.7. The Morgan fingerprint density at radius 2 is 1.71 bits per heavy atom. The summed E-state index contributed by atoms with van der Waals surface area (Å²) in [6.45, 7) is 1.85. The molecule has 21 heavy (non-hydrogen) atoms. The van der Waals surface area contributed by atoms with Crippen molar-refractivity contribution in [2.45, 2.75) is 12.8 Å². The third-order valence-electron chi connectivity index (χ3n) is 3.66. The summed E-state index contributed by atoms with van der Waals surface area (Å²) in [5.41, 5.74) is 6.85. The van der Waals surface area contributed by atoms with Crippen molar-refractivity contribution in [3.8, 4) is 11.5 Å². The van der Waals surface area contributed by atoms with Gasteiger partial charge in [-0.2, -0.15) is 0 Å². The van der Waals surface area contributed by atoms with E-state index in [2.05, 4.69) is 4.90 Å². The minimum Gasteiger partial charge on any atom is -0.455 e. The fourth-order valence-electron chi connectivity index (χ4n) is 2.69. The number of hydrogen-bond acceptors (Lipinski definition) is 3. The van der Waals surface area contributed by atoms with Crippen LogP contribution in [0.4, 0.5) is 5.69 Å².